The van der Waals surface area contributed by atoms with Crippen LogP contribution in [0.25, 0.3) is 0 Å². The Bertz CT molecular complexity index is 1130. The molecular weight excluding hydrogens is 511 g/mol. The largest absolute Gasteiger partial charge is 0.395 e. The number of anilines is 1. The summed E-state index contributed by atoms with van der Waals surface area (Å²) in [6.45, 7) is 6.15. The highest BCUT2D eigenvalue weighted by Gasteiger charge is 2.35. The van der Waals surface area contributed by atoms with Gasteiger partial charge in [0.2, 0.25) is 0 Å². The van der Waals surface area contributed by atoms with E-state index in [-0.39, 0.29) is 25.0 Å². The van der Waals surface area contributed by atoms with Gasteiger partial charge in [-0.05, 0) is 54.8 Å². The number of amides is 2. The van der Waals surface area contributed by atoms with Crippen LogP contribution in [0.5, 0.6) is 0 Å². The van der Waals surface area contributed by atoms with Crippen molar-refractivity contribution in [2.75, 3.05) is 18.5 Å². The molecule has 37 heavy (non-hydrogen) atoms. The smallest absolute Gasteiger partial charge is 0.256 e. The first kappa shape index (κ1) is 30.0. The van der Waals surface area contributed by atoms with E-state index in [9.17, 15) is 14.7 Å². The number of hydrogen-bond donors (Lipinski definition) is 2. The molecule has 196 valence electrons. The number of carbonyl (C=O) groups is 3. The highest BCUT2D eigenvalue weighted by atomic mass is 35.5. The Morgan fingerprint density at radius 1 is 0.919 bits per heavy atom. The quantitative estimate of drug-likeness (QED) is 0.403. The Morgan fingerprint density at radius 3 is 1.92 bits per heavy atom. The summed E-state index contributed by atoms with van der Waals surface area (Å²) in [6.07, 6.45) is 2.97. The van der Waals surface area contributed by atoms with E-state index in [0.29, 0.717) is 21.8 Å². The van der Waals surface area contributed by atoms with Gasteiger partial charge < -0.3 is 20.1 Å². The number of rotatable bonds is 3. The molecule has 0 saturated heterocycles. The van der Waals surface area contributed by atoms with Gasteiger partial charge in [0, 0.05) is 16.6 Å². The van der Waals surface area contributed by atoms with Crippen LogP contribution in [-0.2, 0) is 9.59 Å². The lowest BCUT2D eigenvalue weighted by Crippen LogP contribution is -2.40. The number of halogens is 2. The first-order chi connectivity index (χ1) is 17.8. The van der Waals surface area contributed by atoms with Crippen LogP contribution in [0.3, 0.4) is 0 Å². The molecule has 1 aliphatic carbocycles. The average Bonchev–Trinajstić information content (AvgIpc) is 3.71. The lowest BCUT2D eigenvalue weighted by molar-refractivity contribution is -0.120. The van der Waals surface area contributed by atoms with E-state index in [1.165, 1.54) is 23.3 Å². The van der Waals surface area contributed by atoms with Gasteiger partial charge in [0.25, 0.3) is 11.8 Å². The highest BCUT2D eigenvalue weighted by Crippen LogP contribution is 2.31. The number of carbonyl (C=O) groups excluding carboxylic acids is 3. The molecule has 1 unspecified atom stereocenters. The zero-order valence-corrected chi connectivity index (χ0v) is 22.5. The third-order valence-corrected chi connectivity index (χ3v) is 6.14. The molecule has 2 N–H and O–H groups in total. The van der Waals surface area contributed by atoms with Crippen molar-refractivity contribution in [1.29, 1.82) is 0 Å². The van der Waals surface area contributed by atoms with Crippen LogP contribution in [0.1, 0.15) is 47.3 Å². The van der Waals surface area contributed by atoms with E-state index >= 15 is 0 Å². The molecule has 0 radical (unpaired) electrons. The van der Waals surface area contributed by atoms with Crippen LogP contribution in [0, 0.1) is 12.8 Å². The van der Waals surface area contributed by atoms with Crippen molar-refractivity contribution in [3.63, 3.8) is 0 Å². The summed E-state index contributed by atoms with van der Waals surface area (Å²) in [4.78, 5) is 34.9. The Balaban J connectivity index is 0.000000280. The molecule has 1 heterocycles. The minimum Gasteiger partial charge on any atom is -0.395 e. The fraction of sp³-hybridized carbons (Fsp3) is 0.276. The van der Waals surface area contributed by atoms with Crippen molar-refractivity contribution in [2.24, 2.45) is 5.92 Å². The van der Waals surface area contributed by atoms with Crippen molar-refractivity contribution >= 4 is 47.5 Å². The lowest BCUT2D eigenvalue weighted by Gasteiger charge is -2.28. The zero-order valence-electron chi connectivity index (χ0n) is 21.0. The van der Waals surface area contributed by atoms with Crippen LogP contribution in [-0.4, -0.2) is 41.8 Å². The van der Waals surface area contributed by atoms with Crippen molar-refractivity contribution in [2.45, 2.75) is 32.7 Å². The second-order valence-electron chi connectivity index (χ2n) is 8.69. The standard InChI is InChI=1S/C17H15ClN2O3.C7H7Cl.C4H8.CH2O/c18-12-7-5-11(6-8-12)15-16(22)19-14-4-2-1-3-13(14)17(23)20(15)9-10-21;1-6-2-4-7(8)5-3-6;1-4-2-3-4;1-2/h1-8,15,21H,9-10H2,(H,19,22);2-5H,1H3;4H,2-3H2,1H3;1H2. The van der Waals surface area contributed by atoms with Crippen LogP contribution in [0.15, 0.2) is 72.8 Å². The van der Waals surface area contributed by atoms with Crippen LogP contribution in [0.4, 0.5) is 5.69 Å². The number of aliphatic hydroxyl groups excluding tert-OH is 1. The molecule has 5 rings (SSSR count). The van der Waals surface area contributed by atoms with Crippen molar-refractivity contribution < 1.29 is 19.5 Å². The Morgan fingerprint density at radius 2 is 1.43 bits per heavy atom. The number of para-hydroxylation sites is 1. The van der Waals surface area contributed by atoms with Gasteiger partial charge in [-0.3, -0.25) is 9.59 Å². The van der Waals surface area contributed by atoms with Crippen LogP contribution in [0.2, 0.25) is 10.0 Å². The number of nitrogens with zero attached hydrogens (tertiary/aromatic N) is 1. The second kappa shape index (κ2) is 15.2. The van der Waals surface area contributed by atoms with E-state index in [0.717, 1.165) is 10.9 Å². The predicted octanol–water partition coefficient (Wildman–Crippen LogP) is 6.35. The summed E-state index contributed by atoms with van der Waals surface area (Å²) in [7, 11) is 0. The molecule has 1 fully saturated rings. The highest BCUT2D eigenvalue weighted by molar-refractivity contribution is 6.30. The number of nitrogens with one attached hydrogen (secondary N) is 1. The van der Waals surface area contributed by atoms with Gasteiger partial charge in [-0.1, -0.05) is 84.9 Å². The molecule has 1 aliphatic heterocycles. The van der Waals surface area contributed by atoms with Crippen LogP contribution >= 0.6 is 23.2 Å². The first-order valence-corrected chi connectivity index (χ1v) is 12.6. The number of β-amino-alcohol motifs (C(OH)–C–C–N with tert-alkyl or cyclic N) is 1. The van der Waals surface area contributed by atoms with Crippen molar-refractivity contribution in [1.82, 2.24) is 4.90 Å². The van der Waals surface area contributed by atoms with Crippen molar-refractivity contribution in [3.8, 4) is 0 Å². The third-order valence-electron chi connectivity index (χ3n) is 5.64. The van der Waals surface area contributed by atoms with E-state index in [2.05, 4.69) is 12.2 Å². The summed E-state index contributed by atoms with van der Waals surface area (Å²) in [6, 6.07) is 20.5. The number of aryl methyl sites for hydroxylation is 1. The number of fused-ring (bicyclic) bond motifs is 1. The van der Waals surface area contributed by atoms with Gasteiger partial charge in [0.05, 0.1) is 17.9 Å². The van der Waals surface area contributed by atoms with Gasteiger partial charge in [-0.15, -0.1) is 0 Å². The van der Waals surface area contributed by atoms with Gasteiger partial charge in [-0.25, -0.2) is 0 Å². The molecule has 2 aliphatic rings. The number of benzene rings is 3. The maximum Gasteiger partial charge on any atom is 0.256 e. The summed E-state index contributed by atoms with van der Waals surface area (Å²) in [5.74, 6) is 0.465. The molecule has 1 atom stereocenters. The molecular formula is C29H32Cl2N2O4. The molecule has 3 aromatic rings. The van der Waals surface area contributed by atoms with E-state index in [1.807, 2.05) is 38.0 Å². The molecule has 8 heteroatoms. The van der Waals surface area contributed by atoms with Crippen LogP contribution < -0.4 is 5.32 Å². The fourth-order valence-electron chi connectivity index (χ4n) is 3.41. The van der Waals surface area contributed by atoms with Gasteiger partial charge in [0.1, 0.15) is 12.8 Å². The summed E-state index contributed by atoms with van der Waals surface area (Å²) in [5.41, 5.74) is 2.77. The molecule has 2 amide bonds. The van der Waals surface area contributed by atoms with Gasteiger partial charge in [0.15, 0.2) is 0 Å². The third kappa shape index (κ3) is 9.32. The molecule has 0 bridgehead atoms. The van der Waals surface area contributed by atoms with Gasteiger partial charge in [-0.2, -0.15) is 0 Å². The zero-order chi connectivity index (χ0) is 27.4. The minimum atomic E-state index is -0.820. The maximum absolute atomic E-state index is 12.8. The topological polar surface area (TPSA) is 86.7 Å². The summed E-state index contributed by atoms with van der Waals surface area (Å²) in [5, 5.41) is 13.5. The minimum absolute atomic E-state index is 0.0634. The second-order valence-corrected chi connectivity index (χ2v) is 9.56. The molecule has 3 aromatic carbocycles. The predicted molar refractivity (Wildman–Crippen MR) is 149 cm³/mol. The van der Waals surface area contributed by atoms with Gasteiger partial charge >= 0.3 is 0 Å². The summed E-state index contributed by atoms with van der Waals surface area (Å²) >= 11 is 11.5. The van der Waals surface area contributed by atoms with E-state index in [4.69, 9.17) is 28.0 Å². The number of aliphatic hydroxyl groups is 1. The monoisotopic (exact) mass is 542 g/mol. The molecule has 0 spiro atoms. The van der Waals surface area contributed by atoms with Crippen molar-refractivity contribution in [3.05, 3.63) is 99.5 Å². The summed E-state index contributed by atoms with van der Waals surface area (Å²) < 4.78 is 0. The SMILES string of the molecule is C=O.CC1CC1.Cc1ccc(Cl)cc1.O=C1Nc2ccccc2C(=O)N(CCO)C1c1ccc(Cl)cc1. The number of hydrogen-bond acceptors (Lipinski definition) is 4. The molecule has 0 aromatic heterocycles. The van der Waals surface area contributed by atoms with E-state index < -0.39 is 6.04 Å². The molecule has 6 nitrogen and oxygen atoms in total. The fourth-order valence-corrected chi connectivity index (χ4v) is 3.66. The first-order valence-electron chi connectivity index (χ1n) is 11.9. The Hall–Kier alpha value is -3.19. The Labute approximate surface area is 228 Å². The van der Waals surface area contributed by atoms with E-state index in [1.54, 1.807) is 48.5 Å². The normalized spacial score (nSPS) is 15.8. The molecule has 1 saturated carbocycles. The lowest BCUT2D eigenvalue weighted by atomic mass is 10.0. The average molecular weight is 543 g/mol. The maximum atomic E-state index is 12.8. The Kier molecular flexibility index (Phi) is 12.3.